The van der Waals surface area contributed by atoms with Gasteiger partial charge in [0.2, 0.25) is 0 Å². The van der Waals surface area contributed by atoms with E-state index in [0.29, 0.717) is 6.61 Å². The van der Waals surface area contributed by atoms with Crippen LogP contribution < -0.4 is 15.1 Å². The second kappa shape index (κ2) is 8.35. The SMILES string of the molecule is CCCCOP(Br)(Oc1ccccc1)(c1ccccc1)c1ccccc1. The average molecular weight is 431 g/mol. The summed E-state index contributed by atoms with van der Waals surface area (Å²) in [6.07, 6.45) is 2.04. The van der Waals surface area contributed by atoms with Crippen molar-refractivity contribution >= 4 is 31.9 Å². The second-order valence-electron chi connectivity index (χ2n) is 6.12. The molecule has 0 amide bonds. The Bertz CT molecular complexity index is 770. The van der Waals surface area contributed by atoms with E-state index in [4.69, 9.17) is 9.05 Å². The minimum atomic E-state index is -3.52. The van der Waals surface area contributed by atoms with Crippen molar-refractivity contribution in [1.29, 1.82) is 0 Å². The first-order chi connectivity index (χ1) is 12.7. The van der Waals surface area contributed by atoms with Crippen molar-refractivity contribution in [3.05, 3.63) is 91.0 Å². The molecule has 0 saturated heterocycles. The van der Waals surface area contributed by atoms with Gasteiger partial charge < -0.3 is 0 Å². The monoisotopic (exact) mass is 430 g/mol. The van der Waals surface area contributed by atoms with E-state index in [1.54, 1.807) is 0 Å². The van der Waals surface area contributed by atoms with Gasteiger partial charge in [-0.1, -0.05) is 0 Å². The van der Waals surface area contributed by atoms with Gasteiger partial charge in [-0.15, -0.1) is 0 Å². The summed E-state index contributed by atoms with van der Waals surface area (Å²) in [6, 6.07) is 30.3. The van der Waals surface area contributed by atoms with Gasteiger partial charge in [-0.05, 0) is 0 Å². The Balaban J connectivity index is 2.20. The van der Waals surface area contributed by atoms with Crippen LogP contribution >= 0.6 is 21.2 Å². The van der Waals surface area contributed by atoms with Crippen LogP contribution in [0, 0.1) is 0 Å². The summed E-state index contributed by atoms with van der Waals surface area (Å²) in [5, 5.41) is 2.04. The van der Waals surface area contributed by atoms with E-state index in [2.05, 4.69) is 46.7 Å². The molecule has 0 atom stereocenters. The third-order valence-electron chi connectivity index (χ3n) is 4.22. The summed E-state index contributed by atoms with van der Waals surface area (Å²) in [6.45, 7) is 2.78. The van der Waals surface area contributed by atoms with Crippen molar-refractivity contribution in [1.82, 2.24) is 0 Å². The van der Waals surface area contributed by atoms with Gasteiger partial charge in [0.05, 0.1) is 0 Å². The van der Waals surface area contributed by atoms with Crippen molar-refractivity contribution in [2.75, 3.05) is 6.61 Å². The number of unbranched alkanes of at least 4 members (excludes halogenated alkanes) is 1. The molecule has 0 N–H and O–H groups in total. The Kier molecular flexibility index (Phi) is 6.13. The van der Waals surface area contributed by atoms with Crippen molar-refractivity contribution in [2.24, 2.45) is 0 Å². The summed E-state index contributed by atoms with van der Waals surface area (Å²) in [4.78, 5) is 0. The third-order valence-corrected chi connectivity index (χ3v) is 11.3. The van der Waals surface area contributed by atoms with E-state index in [-0.39, 0.29) is 0 Å². The summed E-state index contributed by atoms with van der Waals surface area (Å²) in [7, 11) is 0. The summed E-state index contributed by atoms with van der Waals surface area (Å²) in [5.41, 5.74) is 0. The number of hydrogen-bond acceptors (Lipinski definition) is 2. The predicted molar refractivity (Wildman–Crippen MR) is 116 cm³/mol. The molecule has 0 aliphatic heterocycles. The van der Waals surface area contributed by atoms with Gasteiger partial charge in [0.1, 0.15) is 0 Å². The quantitative estimate of drug-likeness (QED) is 0.311. The third kappa shape index (κ3) is 3.86. The zero-order valence-corrected chi connectivity index (χ0v) is 17.4. The van der Waals surface area contributed by atoms with Crippen LogP contribution in [0.2, 0.25) is 0 Å². The molecule has 0 aliphatic carbocycles. The molecule has 3 rings (SSSR count). The molecule has 0 aliphatic rings. The molecular weight excluding hydrogens is 407 g/mol. The van der Waals surface area contributed by atoms with Gasteiger partial charge in [0, 0.05) is 0 Å². The standard InChI is InChI=1S/C22H24BrO2P/c1-2-3-19-24-26(23,21-15-9-5-10-16-21,22-17-11-6-12-18-22)25-20-13-7-4-8-14-20/h4-18H,2-3,19H2,1H3. The molecule has 0 unspecified atom stereocenters. The van der Waals surface area contributed by atoms with Crippen LogP contribution in [-0.4, -0.2) is 6.61 Å². The van der Waals surface area contributed by atoms with Gasteiger partial charge in [-0.3, -0.25) is 0 Å². The molecule has 26 heavy (non-hydrogen) atoms. The summed E-state index contributed by atoms with van der Waals surface area (Å²) >= 11 is 4.06. The van der Waals surface area contributed by atoms with Crippen molar-refractivity contribution in [3.8, 4) is 5.75 Å². The van der Waals surface area contributed by atoms with Crippen LogP contribution in [0.5, 0.6) is 5.75 Å². The normalized spacial score (nSPS) is 12.9. The van der Waals surface area contributed by atoms with Gasteiger partial charge in [0.25, 0.3) is 0 Å². The molecule has 0 spiro atoms. The molecule has 2 nitrogen and oxygen atoms in total. The Labute approximate surface area is 164 Å². The predicted octanol–water partition coefficient (Wildman–Crippen LogP) is 6.23. The summed E-state index contributed by atoms with van der Waals surface area (Å²) in [5.74, 6) is -2.74. The van der Waals surface area contributed by atoms with Crippen LogP contribution in [0.4, 0.5) is 0 Å². The first-order valence-electron chi connectivity index (χ1n) is 8.91. The molecule has 3 aromatic carbocycles. The van der Waals surface area contributed by atoms with Gasteiger partial charge in [-0.2, -0.15) is 0 Å². The number of para-hydroxylation sites is 1. The molecule has 0 radical (unpaired) electrons. The molecule has 4 heteroatoms. The van der Waals surface area contributed by atoms with E-state index in [1.165, 1.54) is 0 Å². The van der Waals surface area contributed by atoms with Crippen LogP contribution in [0.25, 0.3) is 0 Å². The van der Waals surface area contributed by atoms with Gasteiger partial charge in [0.15, 0.2) is 0 Å². The topological polar surface area (TPSA) is 18.5 Å². The first kappa shape index (κ1) is 19.1. The van der Waals surface area contributed by atoms with Crippen molar-refractivity contribution in [2.45, 2.75) is 19.8 Å². The molecule has 136 valence electrons. The maximum atomic E-state index is 6.73. The second-order valence-corrected chi connectivity index (χ2v) is 13.2. The maximum absolute atomic E-state index is 6.73. The average Bonchev–Trinajstić information content (AvgIpc) is 2.70. The van der Waals surface area contributed by atoms with E-state index in [0.717, 1.165) is 29.2 Å². The fourth-order valence-electron chi connectivity index (χ4n) is 2.83. The molecule has 0 aromatic heterocycles. The van der Waals surface area contributed by atoms with Crippen LogP contribution in [0.1, 0.15) is 19.8 Å². The Morgan fingerprint density at radius 2 is 1.19 bits per heavy atom. The zero-order chi connectivity index (χ0) is 18.3. The first-order valence-corrected chi connectivity index (χ1v) is 13.0. The fourth-order valence-corrected chi connectivity index (χ4v) is 8.36. The van der Waals surface area contributed by atoms with Crippen LogP contribution in [0.3, 0.4) is 0 Å². The van der Waals surface area contributed by atoms with Crippen molar-refractivity contribution < 1.29 is 9.05 Å². The zero-order valence-electron chi connectivity index (χ0n) is 14.9. The molecule has 0 saturated carbocycles. The fraction of sp³-hybridized carbons (Fsp3) is 0.182. The molecule has 0 fully saturated rings. The van der Waals surface area contributed by atoms with Gasteiger partial charge in [-0.25, -0.2) is 0 Å². The Morgan fingerprint density at radius 1 is 0.731 bits per heavy atom. The molecule has 0 heterocycles. The van der Waals surface area contributed by atoms with Gasteiger partial charge >= 0.3 is 164 Å². The van der Waals surface area contributed by atoms with Crippen molar-refractivity contribution in [3.63, 3.8) is 0 Å². The van der Waals surface area contributed by atoms with Crippen LogP contribution in [0.15, 0.2) is 91.0 Å². The Hall–Kier alpha value is -1.67. The minimum absolute atomic E-state index is 0.621. The number of benzene rings is 3. The molecular formula is C22H24BrO2P. The summed E-state index contributed by atoms with van der Waals surface area (Å²) < 4.78 is 13.4. The van der Waals surface area contributed by atoms with E-state index in [9.17, 15) is 0 Å². The van der Waals surface area contributed by atoms with E-state index < -0.39 is 5.76 Å². The van der Waals surface area contributed by atoms with E-state index in [1.807, 2.05) is 66.7 Å². The molecule has 0 bridgehead atoms. The number of halogens is 1. The number of hydrogen-bond donors (Lipinski definition) is 0. The van der Waals surface area contributed by atoms with Crippen LogP contribution in [-0.2, 0) is 4.52 Å². The molecule has 3 aromatic rings. The Morgan fingerprint density at radius 3 is 1.65 bits per heavy atom. The number of rotatable bonds is 8. The van der Waals surface area contributed by atoms with E-state index >= 15 is 0 Å².